The third-order valence-corrected chi connectivity index (χ3v) is 2.66. The Balaban J connectivity index is 2.13. The maximum absolute atomic E-state index is 4.65. The lowest BCUT2D eigenvalue weighted by atomic mass is 9.98. The van der Waals surface area contributed by atoms with Crippen molar-refractivity contribution < 1.29 is 0 Å². The van der Waals surface area contributed by atoms with Crippen LogP contribution in [0.2, 0.25) is 0 Å². The van der Waals surface area contributed by atoms with Crippen LogP contribution < -0.4 is 5.32 Å². The Morgan fingerprint density at radius 3 is 2.67 bits per heavy atom. The van der Waals surface area contributed by atoms with E-state index in [2.05, 4.69) is 25.2 Å². The zero-order chi connectivity index (χ0) is 8.55. The third-order valence-electron chi connectivity index (χ3n) is 2.66. The van der Waals surface area contributed by atoms with Crippen LogP contribution in [0.15, 0.2) is 23.0 Å². The largest absolute Gasteiger partial charge is 0.257 e. The fourth-order valence-corrected chi connectivity index (χ4v) is 1.86. The van der Waals surface area contributed by atoms with Crippen LogP contribution in [0, 0.1) is 5.92 Å². The van der Waals surface area contributed by atoms with Crippen molar-refractivity contribution >= 4 is 0 Å². The third kappa shape index (κ3) is 1.28. The van der Waals surface area contributed by atoms with Crippen molar-refractivity contribution in [3.63, 3.8) is 0 Å². The number of nitrogens with zero attached hydrogens (tertiary/aromatic N) is 1. The highest BCUT2D eigenvalue weighted by atomic mass is 14.9. The highest BCUT2D eigenvalue weighted by Crippen LogP contribution is 2.32. The van der Waals surface area contributed by atoms with Gasteiger partial charge >= 0.3 is 0 Å². The molecule has 0 fully saturated rings. The fourth-order valence-electron chi connectivity index (χ4n) is 1.86. The smallest absolute Gasteiger partial charge is 0.0439 e. The van der Waals surface area contributed by atoms with Crippen molar-refractivity contribution in [1.82, 2.24) is 5.32 Å². The zero-order valence-electron chi connectivity index (χ0n) is 7.93. The summed E-state index contributed by atoms with van der Waals surface area (Å²) in [4.78, 5) is 0. The van der Waals surface area contributed by atoms with Crippen molar-refractivity contribution in [2.45, 2.75) is 39.5 Å². The molecule has 2 aliphatic rings. The van der Waals surface area contributed by atoms with Gasteiger partial charge < -0.3 is 0 Å². The quantitative estimate of drug-likeness (QED) is 0.563. The molecule has 1 heterocycles. The summed E-state index contributed by atoms with van der Waals surface area (Å²) in [5, 5.41) is 4.65. The van der Waals surface area contributed by atoms with E-state index in [4.69, 9.17) is 0 Å². The summed E-state index contributed by atoms with van der Waals surface area (Å²) >= 11 is 0. The van der Waals surface area contributed by atoms with Gasteiger partial charge in [0.05, 0.1) is 0 Å². The molecule has 0 spiro atoms. The predicted octanol–water partition coefficient (Wildman–Crippen LogP) is 2.97. The molecule has 1 nitrogen and oxygen atoms in total. The molecule has 1 aliphatic carbocycles. The molecule has 0 bridgehead atoms. The Bertz CT molecular complexity index is 246. The summed E-state index contributed by atoms with van der Waals surface area (Å²) in [6, 6.07) is 0. The Morgan fingerprint density at radius 1 is 1.25 bits per heavy atom. The topological polar surface area (TPSA) is 14.1 Å². The van der Waals surface area contributed by atoms with Gasteiger partial charge in [-0.3, -0.25) is 5.32 Å². The van der Waals surface area contributed by atoms with Crippen LogP contribution in [0.25, 0.3) is 0 Å². The van der Waals surface area contributed by atoms with Gasteiger partial charge in [0.15, 0.2) is 0 Å². The lowest BCUT2D eigenvalue weighted by Crippen LogP contribution is -2.06. The first-order valence-electron chi connectivity index (χ1n) is 4.93. The highest BCUT2D eigenvalue weighted by Gasteiger charge is 2.21. The van der Waals surface area contributed by atoms with Gasteiger partial charge in [-0.25, -0.2) is 0 Å². The lowest BCUT2D eigenvalue weighted by molar-refractivity contribution is 0.638. The van der Waals surface area contributed by atoms with E-state index in [0.29, 0.717) is 5.92 Å². The van der Waals surface area contributed by atoms with Crippen LogP contribution in [0.3, 0.4) is 0 Å². The number of rotatable bonds is 1. The first kappa shape index (κ1) is 7.90. The van der Waals surface area contributed by atoms with E-state index in [1.54, 1.807) is 0 Å². The average molecular weight is 162 g/mol. The predicted molar refractivity (Wildman–Crippen MR) is 50.5 cm³/mol. The first-order chi connectivity index (χ1) is 5.77. The molecule has 0 saturated heterocycles. The minimum Gasteiger partial charge on any atom is -0.257 e. The minimum atomic E-state index is 0.593. The first-order valence-corrected chi connectivity index (χ1v) is 4.93. The van der Waals surface area contributed by atoms with Crippen molar-refractivity contribution in [2.24, 2.45) is 5.92 Å². The van der Waals surface area contributed by atoms with Crippen LogP contribution in [-0.4, -0.2) is 0 Å². The minimum absolute atomic E-state index is 0.593. The van der Waals surface area contributed by atoms with Crippen LogP contribution in [0.5, 0.6) is 0 Å². The molecule has 0 saturated carbocycles. The molecule has 0 N–H and O–H groups in total. The van der Waals surface area contributed by atoms with Gasteiger partial charge in [-0.2, -0.15) is 0 Å². The van der Waals surface area contributed by atoms with Crippen LogP contribution in [-0.2, 0) is 0 Å². The maximum Gasteiger partial charge on any atom is 0.0439 e. The van der Waals surface area contributed by atoms with Gasteiger partial charge in [0, 0.05) is 11.4 Å². The monoisotopic (exact) mass is 162 g/mol. The summed E-state index contributed by atoms with van der Waals surface area (Å²) in [7, 11) is 0. The Labute approximate surface area is 74.5 Å². The van der Waals surface area contributed by atoms with E-state index in [1.165, 1.54) is 42.7 Å². The van der Waals surface area contributed by atoms with Crippen LogP contribution >= 0.6 is 0 Å². The summed E-state index contributed by atoms with van der Waals surface area (Å²) in [5.74, 6) is 0.593. The van der Waals surface area contributed by atoms with E-state index >= 15 is 0 Å². The molecular formula is C11H16N. The Hall–Kier alpha value is -0.720. The number of hydrogen-bond donors (Lipinski definition) is 0. The SMILES string of the molecule is CC(C)C1=CC2=C(CCCC2)[N]1. The summed E-state index contributed by atoms with van der Waals surface area (Å²) in [6.45, 7) is 4.43. The molecule has 0 unspecified atom stereocenters. The number of allylic oxidation sites excluding steroid dienone is 4. The second-order valence-electron chi connectivity index (χ2n) is 4.01. The molecule has 12 heavy (non-hydrogen) atoms. The van der Waals surface area contributed by atoms with Gasteiger partial charge in [0.1, 0.15) is 0 Å². The molecule has 0 aromatic rings. The molecule has 1 radical (unpaired) electrons. The van der Waals surface area contributed by atoms with E-state index in [1.807, 2.05) is 0 Å². The molecule has 0 aromatic heterocycles. The van der Waals surface area contributed by atoms with Gasteiger partial charge in [0.25, 0.3) is 0 Å². The normalized spacial score (nSPS) is 22.4. The summed E-state index contributed by atoms with van der Waals surface area (Å²) in [6.07, 6.45) is 7.47. The molecule has 1 heteroatoms. The molecule has 0 aromatic carbocycles. The van der Waals surface area contributed by atoms with Crippen LogP contribution in [0.4, 0.5) is 0 Å². The van der Waals surface area contributed by atoms with Gasteiger partial charge in [-0.05, 0) is 43.3 Å². The van der Waals surface area contributed by atoms with Gasteiger partial charge in [-0.15, -0.1) is 0 Å². The second-order valence-corrected chi connectivity index (χ2v) is 4.01. The fraction of sp³-hybridized carbons (Fsp3) is 0.636. The molecular weight excluding hydrogens is 146 g/mol. The van der Waals surface area contributed by atoms with E-state index in [-0.39, 0.29) is 0 Å². The van der Waals surface area contributed by atoms with Crippen LogP contribution in [0.1, 0.15) is 39.5 Å². The van der Waals surface area contributed by atoms with E-state index in [0.717, 1.165) is 0 Å². The maximum atomic E-state index is 4.65. The van der Waals surface area contributed by atoms with Gasteiger partial charge in [-0.1, -0.05) is 13.8 Å². The van der Waals surface area contributed by atoms with Crippen molar-refractivity contribution in [1.29, 1.82) is 0 Å². The molecule has 2 rings (SSSR count). The van der Waals surface area contributed by atoms with Gasteiger partial charge in [0.2, 0.25) is 0 Å². The number of hydrogen-bond acceptors (Lipinski definition) is 0. The molecule has 65 valence electrons. The highest BCUT2D eigenvalue weighted by molar-refractivity contribution is 5.38. The molecule has 0 atom stereocenters. The van der Waals surface area contributed by atoms with E-state index in [9.17, 15) is 0 Å². The molecule has 1 aliphatic heterocycles. The zero-order valence-corrected chi connectivity index (χ0v) is 7.93. The standard InChI is InChI=1S/C11H16N/c1-8(2)11-7-9-5-3-4-6-10(9)12-11/h7-8H,3-6H2,1-2H3. The van der Waals surface area contributed by atoms with Crippen molar-refractivity contribution in [3.8, 4) is 0 Å². The van der Waals surface area contributed by atoms with Crippen molar-refractivity contribution in [2.75, 3.05) is 0 Å². The summed E-state index contributed by atoms with van der Waals surface area (Å²) < 4.78 is 0. The Kier molecular flexibility index (Phi) is 1.95. The average Bonchev–Trinajstić information content (AvgIpc) is 2.46. The molecule has 0 amide bonds. The van der Waals surface area contributed by atoms with E-state index < -0.39 is 0 Å². The lowest BCUT2D eigenvalue weighted by Gasteiger charge is -2.12. The summed E-state index contributed by atoms with van der Waals surface area (Å²) in [5.41, 5.74) is 4.19. The Morgan fingerprint density at radius 2 is 2.00 bits per heavy atom. The van der Waals surface area contributed by atoms with Crippen molar-refractivity contribution in [3.05, 3.63) is 23.0 Å². The second kappa shape index (κ2) is 2.96.